The SMILES string of the molecule is CC[C@@H](OS(=O)(=O)S(=O)(=O)c1ccc(C)cc1)C(=O)O. The molecule has 0 radical (unpaired) electrons. The molecule has 9 heteroatoms. The second kappa shape index (κ2) is 5.90. The van der Waals surface area contributed by atoms with Gasteiger partial charge in [0.1, 0.15) is 0 Å². The minimum Gasteiger partial charge on any atom is -0.479 e. The first kappa shape index (κ1) is 16.6. The Kier molecular flexibility index (Phi) is 4.90. The van der Waals surface area contributed by atoms with Crippen molar-refractivity contribution in [2.24, 2.45) is 0 Å². The van der Waals surface area contributed by atoms with E-state index in [-0.39, 0.29) is 6.42 Å². The standard InChI is InChI=1S/C11H14O7S2/c1-3-10(11(12)13)18-20(16,17)19(14,15)9-6-4-8(2)5-7-9/h4-7,10H,3H2,1-2H3,(H,12,13)/t10-/m1/s1. The molecule has 0 saturated carbocycles. The fourth-order valence-electron chi connectivity index (χ4n) is 1.30. The van der Waals surface area contributed by atoms with Crippen molar-refractivity contribution < 1.29 is 30.9 Å². The highest BCUT2D eigenvalue weighted by atomic mass is 33.2. The zero-order valence-corrected chi connectivity index (χ0v) is 12.4. The fraction of sp³-hybridized carbons (Fsp3) is 0.364. The largest absolute Gasteiger partial charge is 0.479 e. The average Bonchev–Trinajstić information content (AvgIpc) is 2.36. The molecule has 0 unspecified atom stereocenters. The smallest absolute Gasteiger partial charge is 0.380 e. The Bertz CT molecular complexity index is 687. The molecule has 1 aromatic rings. The van der Waals surface area contributed by atoms with E-state index in [2.05, 4.69) is 4.18 Å². The van der Waals surface area contributed by atoms with Crippen LogP contribution in [0.2, 0.25) is 0 Å². The molecule has 0 saturated heterocycles. The van der Waals surface area contributed by atoms with E-state index in [1.807, 2.05) is 0 Å². The molecule has 0 heterocycles. The fourth-order valence-corrected chi connectivity index (χ4v) is 4.25. The minimum atomic E-state index is -5.09. The van der Waals surface area contributed by atoms with Crippen molar-refractivity contribution in [2.75, 3.05) is 0 Å². The van der Waals surface area contributed by atoms with Gasteiger partial charge in [0, 0.05) is 0 Å². The van der Waals surface area contributed by atoms with Crippen LogP contribution < -0.4 is 0 Å². The zero-order chi connectivity index (χ0) is 15.6. The van der Waals surface area contributed by atoms with Gasteiger partial charge in [0.15, 0.2) is 6.10 Å². The first-order valence-corrected chi connectivity index (χ1v) is 9.00. The Morgan fingerprint density at radius 2 is 1.70 bits per heavy atom. The van der Waals surface area contributed by atoms with Gasteiger partial charge in [0.2, 0.25) is 0 Å². The molecular weight excluding hydrogens is 308 g/mol. The number of aliphatic carboxylic acids is 1. The lowest BCUT2D eigenvalue weighted by Crippen LogP contribution is -2.30. The quantitative estimate of drug-likeness (QED) is 0.773. The summed E-state index contributed by atoms with van der Waals surface area (Å²) < 4.78 is 51.6. The third-order valence-corrected chi connectivity index (χ3v) is 6.74. The Morgan fingerprint density at radius 3 is 2.10 bits per heavy atom. The summed E-state index contributed by atoms with van der Waals surface area (Å²) >= 11 is 0. The highest BCUT2D eigenvalue weighted by Crippen LogP contribution is 2.21. The summed E-state index contributed by atoms with van der Waals surface area (Å²) in [6, 6.07) is 5.09. The van der Waals surface area contributed by atoms with Gasteiger partial charge in [-0.2, -0.15) is 8.42 Å². The molecule has 1 rings (SSSR count). The van der Waals surface area contributed by atoms with Crippen LogP contribution in [-0.2, 0) is 27.0 Å². The van der Waals surface area contributed by atoms with E-state index in [0.717, 1.165) is 17.7 Å². The Morgan fingerprint density at radius 1 is 1.20 bits per heavy atom. The molecule has 0 spiro atoms. The zero-order valence-electron chi connectivity index (χ0n) is 10.8. The molecular formula is C11H14O7S2. The van der Waals surface area contributed by atoms with Crippen molar-refractivity contribution in [1.82, 2.24) is 0 Å². The first-order chi connectivity index (χ1) is 9.11. The minimum absolute atomic E-state index is 0.183. The molecule has 1 N–H and O–H groups in total. The second-order valence-electron chi connectivity index (χ2n) is 4.01. The van der Waals surface area contributed by atoms with Crippen molar-refractivity contribution in [2.45, 2.75) is 31.3 Å². The highest BCUT2D eigenvalue weighted by Gasteiger charge is 2.37. The van der Waals surface area contributed by atoms with Crippen LogP contribution in [0.15, 0.2) is 29.2 Å². The Hall–Kier alpha value is -1.45. The van der Waals surface area contributed by atoms with Crippen LogP contribution >= 0.6 is 0 Å². The van der Waals surface area contributed by atoms with Gasteiger partial charge in [0.25, 0.3) is 0 Å². The summed E-state index contributed by atoms with van der Waals surface area (Å²) in [5.41, 5.74) is 0.749. The predicted octanol–water partition coefficient (Wildman–Crippen LogP) is 0.893. The Labute approximate surface area is 116 Å². The van der Waals surface area contributed by atoms with Gasteiger partial charge >= 0.3 is 24.0 Å². The summed E-state index contributed by atoms with van der Waals surface area (Å²) in [7, 11) is -9.90. The summed E-state index contributed by atoms with van der Waals surface area (Å²) in [5, 5.41) is 8.72. The first-order valence-electron chi connectivity index (χ1n) is 5.59. The lowest BCUT2D eigenvalue weighted by atomic mass is 10.2. The van der Waals surface area contributed by atoms with E-state index >= 15 is 0 Å². The van der Waals surface area contributed by atoms with E-state index in [0.29, 0.717) is 0 Å². The molecule has 0 bridgehead atoms. The maximum absolute atomic E-state index is 11.9. The number of carboxylic acids is 1. The number of hydrogen-bond acceptors (Lipinski definition) is 6. The number of carbonyl (C=O) groups is 1. The molecule has 112 valence electrons. The molecule has 0 fully saturated rings. The van der Waals surface area contributed by atoms with Gasteiger partial charge in [-0.05, 0) is 25.5 Å². The number of benzene rings is 1. The summed E-state index contributed by atoms with van der Waals surface area (Å²) in [6.45, 7) is 3.08. The second-order valence-corrected chi connectivity index (χ2v) is 8.94. The molecule has 0 aromatic heterocycles. The molecule has 1 aromatic carbocycles. The molecule has 20 heavy (non-hydrogen) atoms. The lowest BCUT2D eigenvalue weighted by Gasteiger charge is -2.11. The lowest BCUT2D eigenvalue weighted by molar-refractivity contribution is -0.144. The topological polar surface area (TPSA) is 115 Å². The highest BCUT2D eigenvalue weighted by molar-refractivity contribution is 8.65. The molecule has 0 aliphatic carbocycles. The van der Waals surface area contributed by atoms with E-state index in [4.69, 9.17) is 5.11 Å². The maximum Gasteiger partial charge on any atom is 0.380 e. The van der Waals surface area contributed by atoms with Crippen molar-refractivity contribution >= 4 is 24.0 Å². The van der Waals surface area contributed by atoms with Gasteiger partial charge in [-0.15, -0.1) is 0 Å². The van der Waals surface area contributed by atoms with Gasteiger partial charge in [-0.3, -0.25) is 0 Å². The number of hydrogen-bond donors (Lipinski definition) is 1. The van der Waals surface area contributed by atoms with Gasteiger partial charge < -0.3 is 5.11 Å². The molecule has 0 aliphatic rings. The maximum atomic E-state index is 11.9. The molecule has 0 aliphatic heterocycles. The van der Waals surface area contributed by atoms with E-state index in [1.54, 1.807) is 6.92 Å². The van der Waals surface area contributed by atoms with Crippen LogP contribution in [0.5, 0.6) is 0 Å². The number of carboxylic acid groups (broad SMARTS) is 1. The van der Waals surface area contributed by atoms with Crippen LogP contribution in [0.3, 0.4) is 0 Å². The number of rotatable bonds is 6. The van der Waals surface area contributed by atoms with Gasteiger partial charge in [0.05, 0.1) is 4.90 Å². The number of aryl methyl sites for hydroxylation is 1. The monoisotopic (exact) mass is 322 g/mol. The normalized spacial score (nSPS) is 13.9. The third kappa shape index (κ3) is 3.35. The van der Waals surface area contributed by atoms with Crippen molar-refractivity contribution in [1.29, 1.82) is 0 Å². The predicted molar refractivity (Wildman–Crippen MR) is 70.1 cm³/mol. The van der Waals surface area contributed by atoms with Crippen LogP contribution in [0.4, 0.5) is 0 Å². The summed E-state index contributed by atoms with van der Waals surface area (Å²) in [5.74, 6) is -1.55. The van der Waals surface area contributed by atoms with E-state index < -0.39 is 35.0 Å². The Balaban J connectivity index is 3.20. The van der Waals surface area contributed by atoms with Gasteiger partial charge in [-0.1, -0.05) is 24.6 Å². The third-order valence-electron chi connectivity index (χ3n) is 2.46. The summed E-state index contributed by atoms with van der Waals surface area (Å²) in [6.07, 6.45) is -1.92. The molecule has 7 nitrogen and oxygen atoms in total. The van der Waals surface area contributed by atoms with Crippen molar-refractivity contribution in [3.05, 3.63) is 29.8 Å². The van der Waals surface area contributed by atoms with Crippen LogP contribution in [0.25, 0.3) is 0 Å². The molecule has 1 atom stereocenters. The van der Waals surface area contributed by atoms with Crippen molar-refractivity contribution in [3.8, 4) is 0 Å². The van der Waals surface area contributed by atoms with E-state index in [1.165, 1.54) is 19.1 Å². The van der Waals surface area contributed by atoms with Crippen LogP contribution in [0.1, 0.15) is 18.9 Å². The van der Waals surface area contributed by atoms with Crippen LogP contribution in [0, 0.1) is 6.92 Å². The van der Waals surface area contributed by atoms with Crippen molar-refractivity contribution in [3.63, 3.8) is 0 Å². The molecule has 0 amide bonds. The van der Waals surface area contributed by atoms with Crippen LogP contribution in [-0.4, -0.2) is 34.0 Å². The average molecular weight is 322 g/mol. The van der Waals surface area contributed by atoms with E-state index in [9.17, 15) is 21.6 Å². The van der Waals surface area contributed by atoms with Gasteiger partial charge in [-0.25, -0.2) is 17.4 Å². The summed E-state index contributed by atoms with van der Waals surface area (Å²) in [4.78, 5) is 10.3.